The third-order valence-corrected chi connectivity index (χ3v) is 3.93. The van der Waals surface area contributed by atoms with Crippen molar-refractivity contribution < 1.29 is 14.3 Å². The molecule has 0 aliphatic heterocycles. The number of nitrogens with zero attached hydrogens (tertiary/aromatic N) is 2. The van der Waals surface area contributed by atoms with Crippen molar-refractivity contribution in [3.63, 3.8) is 0 Å². The monoisotopic (exact) mass is 367 g/mol. The maximum Gasteiger partial charge on any atom is 0.251 e. The quantitative estimate of drug-likeness (QED) is 0.763. The second kappa shape index (κ2) is 7.84. The van der Waals surface area contributed by atoms with E-state index in [2.05, 4.69) is 26.2 Å². The van der Waals surface area contributed by atoms with Crippen molar-refractivity contribution >= 4 is 21.8 Å². The van der Waals surface area contributed by atoms with E-state index in [1.807, 2.05) is 10.8 Å². The molecule has 0 atom stereocenters. The molecule has 0 saturated heterocycles. The van der Waals surface area contributed by atoms with Gasteiger partial charge in [-0.1, -0.05) is 0 Å². The largest absolute Gasteiger partial charge is 0.495 e. The minimum Gasteiger partial charge on any atom is -0.495 e. The molecule has 2 rings (SSSR count). The van der Waals surface area contributed by atoms with Crippen molar-refractivity contribution in [2.24, 2.45) is 0 Å². The number of imidazole rings is 1. The van der Waals surface area contributed by atoms with Crippen LogP contribution >= 0.6 is 15.9 Å². The third-order valence-electron chi connectivity index (χ3n) is 3.15. The Morgan fingerprint density at radius 3 is 2.55 bits per heavy atom. The highest BCUT2D eigenvalue weighted by molar-refractivity contribution is 9.10. The van der Waals surface area contributed by atoms with Crippen molar-refractivity contribution in [2.45, 2.75) is 13.0 Å². The molecule has 22 heavy (non-hydrogen) atoms. The summed E-state index contributed by atoms with van der Waals surface area (Å²) < 4.78 is 13.1. The summed E-state index contributed by atoms with van der Waals surface area (Å²) in [7, 11) is 3.10. The van der Waals surface area contributed by atoms with Crippen LogP contribution in [0.25, 0.3) is 0 Å². The van der Waals surface area contributed by atoms with Gasteiger partial charge in [0.05, 0.1) is 20.5 Å². The number of aromatic nitrogens is 2. The van der Waals surface area contributed by atoms with Crippen LogP contribution in [0.2, 0.25) is 0 Å². The highest BCUT2D eigenvalue weighted by Gasteiger charge is 2.14. The number of carbonyl (C=O) groups excluding carboxylic acids is 1. The first-order valence-corrected chi connectivity index (χ1v) is 7.60. The highest BCUT2D eigenvalue weighted by atomic mass is 79.9. The Balaban J connectivity index is 1.94. The first-order valence-electron chi connectivity index (χ1n) is 6.81. The van der Waals surface area contributed by atoms with Gasteiger partial charge in [-0.2, -0.15) is 0 Å². The van der Waals surface area contributed by atoms with Gasteiger partial charge in [-0.3, -0.25) is 4.79 Å². The van der Waals surface area contributed by atoms with Crippen LogP contribution in [0, 0.1) is 0 Å². The van der Waals surface area contributed by atoms with Gasteiger partial charge in [0.15, 0.2) is 0 Å². The fraction of sp³-hybridized carbons (Fsp3) is 0.333. The predicted octanol–water partition coefficient (Wildman–Crippen LogP) is 2.48. The van der Waals surface area contributed by atoms with Crippen LogP contribution in [-0.4, -0.2) is 36.2 Å². The van der Waals surface area contributed by atoms with Gasteiger partial charge in [0.1, 0.15) is 16.0 Å². The van der Waals surface area contributed by atoms with E-state index in [1.165, 1.54) is 0 Å². The zero-order chi connectivity index (χ0) is 15.9. The van der Waals surface area contributed by atoms with Crippen molar-refractivity contribution in [1.29, 1.82) is 0 Å². The molecule has 0 saturated carbocycles. The smallest absolute Gasteiger partial charge is 0.251 e. The number of amides is 1. The van der Waals surface area contributed by atoms with E-state index in [4.69, 9.17) is 9.47 Å². The van der Waals surface area contributed by atoms with Gasteiger partial charge < -0.3 is 19.4 Å². The molecule has 118 valence electrons. The predicted molar refractivity (Wildman–Crippen MR) is 86.4 cm³/mol. The number of rotatable bonds is 7. The standard InChI is InChI=1S/C15H18BrN3O3/c1-21-12-8-11(9-13(22-2)14(12)16)15(20)18-4-3-6-19-7-5-17-10-19/h5,7-10H,3-4,6H2,1-2H3,(H,18,20). The molecule has 0 radical (unpaired) electrons. The molecule has 7 heteroatoms. The summed E-state index contributed by atoms with van der Waals surface area (Å²) in [6.07, 6.45) is 6.21. The Morgan fingerprint density at radius 1 is 1.32 bits per heavy atom. The van der Waals surface area contributed by atoms with Gasteiger partial charge in [0.2, 0.25) is 0 Å². The molecular weight excluding hydrogens is 350 g/mol. The van der Waals surface area contributed by atoms with Crippen LogP contribution in [0.3, 0.4) is 0 Å². The number of carbonyl (C=O) groups is 1. The fourth-order valence-electron chi connectivity index (χ4n) is 1.99. The lowest BCUT2D eigenvalue weighted by molar-refractivity contribution is 0.0952. The van der Waals surface area contributed by atoms with Gasteiger partial charge >= 0.3 is 0 Å². The van der Waals surface area contributed by atoms with Crippen LogP contribution in [-0.2, 0) is 6.54 Å². The Morgan fingerprint density at radius 2 is 2.00 bits per heavy atom. The minimum atomic E-state index is -0.158. The average molecular weight is 368 g/mol. The zero-order valence-corrected chi connectivity index (χ0v) is 14.1. The van der Waals surface area contributed by atoms with Crippen molar-refractivity contribution in [3.05, 3.63) is 40.9 Å². The van der Waals surface area contributed by atoms with Gasteiger partial charge in [-0.15, -0.1) is 0 Å². The van der Waals surface area contributed by atoms with E-state index in [0.717, 1.165) is 13.0 Å². The fourth-order valence-corrected chi connectivity index (χ4v) is 2.54. The van der Waals surface area contributed by atoms with Crippen LogP contribution in [0.1, 0.15) is 16.8 Å². The number of halogens is 1. The summed E-state index contributed by atoms with van der Waals surface area (Å²) in [5.74, 6) is 0.959. The van der Waals surface area contributed by atoms with E-state index < -0.39 is 0 Å². The van der Waals surface area contributed by atoms with Crippen LogP contribution in [0.15, 0.2) is 35.3 Å². The number of benzene rings is 1. The van der Waals surface area contributed by atoms with E-state index in [0.29, 0.717) is 28.1 Å². The summed E-state index contributed by atoms with van der Waals surface area (Å²) >= 11 is 3.38. The SMILES string of the molecule is COc1cc(C(=O)NCCCn2ccnc2)cc(OC)c1Br. The van der Waals surface area contributed by atoms with Crippen molar-refractivity contribution in [2.75, 3.05) is 20.8 Å². The Kier molecular flexibility index (Phi) is 5.83. The molecule has 1 aromatic heterocycles. The number of aryl methyl sites for hydroxylation is 1. The first kappa shape index (κ1) is 16.4. The molecule has 1 heterocycles. The highest BCUT2D eigenvalue weighted by Crippen LogP contribution is 2.35. The molecule has 0 bridgehead atoms. The van der Waals surface area contributed by atoms with Crippen molar-refractivity contribution in [3.8, 4) is 11.5 Å². The summed E-state index contributed by atoms with van der Waals surface area (Å²) in [5, 5.41) is 2.88. The van der Waals surface area contributed by atoms with Crippen LogP contribution < -0.4 is 14.8 Å². The molecule has 2 aromatic rings. The lowest BCUT2D eigenvalue weighted by atomic mass is 10.2. The molecule has 0 unspecified atom stereocenters. The van der Waals surface area contributed by atoms with E-state index in [-0.39, 0.29) is 5.91 Å². The maximum atomic E-state index is 12.2. The lowest BCUT2D eigenvalue weighted by Crippen LogP contribution is -2.25. The first-order chi connectivity index (χ1) is 10.7. The molecule has 0 spiro atoms. The molecule has 0 aliphatic rings. The van der Waals surface area contributed by atoms with Crippen molar-refractivity contribution in [1.82, 2.24) is 14.9 Å². The number of nitrogens with one attached hydrogen (secondary N) is 1. The molecule has 0 fully saturated rings. The summed E-state index contributed by atoms with van der Waals surface area (Å²) in [6, 6.07) is 3.36. The number of hydrogen-bond acceptors (Lipinski definition) is 4. The van der Waals surface area contributed by atoms with E-state index in [9.17, 15) is 4.79 Å². The molecule has 0 aliphatic carbocycles. The van der Waals surface area contributed by atoms with Gasteiger partial charge in [-0.25, -0.2) is 4.98 Å². The normalized spacial score (nSPS) is 10.3. The molecule has 1 N–H and O–H groups in total. The van der Waals surface area contributed by atoms with E-state index >= 15 is 0 Å². The van der Waals surface area contributed by atoms with Gasteiger partial charge in [0.25, 0.3) is 5.91 Å². The van der Waals surface area contributed by atoms with Crippen LogP contribution in [0.5, 0.6) is 11.5 Å². The zero-order valence-electron chi connectivity index (χ0n) is 12.5. The Bertz CT molecular complexity index is 604. The van der Waals surface area contributed by atoms with E-state index in [1.54, 1.807) is 38.9 Å². The third kappa shape index (κ3) is 4.00. The Labute approximate surface area is 137 Å². The summed E-state index contributed by atoms with van der Waals surface area (Å²) in [4.78, 5) is 16.2. The van der Waals surface area contributed by atoms with Crippen LogP contribution in [0.4, 0.5) is 0 Å². The number of ether oxygens (including phenoxy) is 2. The Hall–Kier alpha value is -2.02. The minimum absolute atomic E-state index is 0.158. The molecule has 6 nitrogen and oxygen atoms in total. The average Bonchev–Trinajstić information content (AvgIpc) is 3.05. The van der Waals surface area contributed by atoms with Gasteiger partial charge in [0, 0.05) is 31.0 Å². The summed E-state index contributed by atoms with van der Waals surface area (Å²) in [6.45, 7) is 1.39. The molecule has 1 aromatic carbocycles. The van der Waals surface area contributed by atoms with Gasteiger partial charge in [-0.05, 0) is 34.5 Å². The second-order valence-electron chi connectivity index (χ2n) is 4.60. The summed E-state index contributed by atoms with van der Waals surface area (Å²) in [5.41, 5.74) is 0.500. The number of hydrogen-bond donors (Lipinski definition) is 1. The second-order valence-corrected chi connectivity index (χ2v) is 5.40. The molecule has 1 amide bonds. The maximum absolute atomic E-state index is 12.2. The number of methoxy groups -OCH3 is 2. The molecular formula is C15H18BrN3O3. The lowest BCUT2D eigenvalue weighted by Gasteiger charge is -2.12. The topological polar surface area (TPSA) is 65.4 Å².